The van der Waals surface area contributed by atoms with Crippen LogP contribution in [0.25, 0.3) is 0 Å². The Labute approximate surface area is 105 Å². The van der Waals surface area contributed by atoms with Crippen molar-refractivity contribution in [3.8, 4) is 0 Å². The van der Waals surface area contributed by atoms with Crippen molar-refractivity contribution in [3.63, 3.8) is 0 Å². The molecule has 17 heavy (non-hydrogen) atoms. The first-order valence-corrected chi connectivity index (χ1v) is 6.36. The molecule has 0 radical (unpaired) electrons. The summed E-state index contributed by atoms with van der Waals surface area (Å²) in [6.45, 7) is 2.45. The van der Waals surface area contributed by atoms with Crippen LogP contribution in [0.2, 0.25) is 0 Å². The van der Waals surface area contributed by atoms with Crippen LogP contribution in [0.1, 0.15) is 15.3 Å². The van der Waals surface area contributed by atoms with E-state index in [-0.39, 0.29) is 0 Å². The Balaban J connectivity index is 1.78. The smallest absolute Gasteiger partial charge is 0.0805 e. The summed E-state index contributed by atoms with van der Waals surface area (Å²) in [6, 6.07) is 8.30. The van der Waals surface area contributed by atoms with Crippen LogP contribution < -0.4 is 5.32 Å². The van der Waals surface area contributed by atoms with Crippen molar-refractivity contribution in [1.82, 2.24) is 10.3 Å². The summed E-state index contributed by atoms with van der Waals surface area (Å²) in [5.41, 5.74) is 1.21. The van der Waals surface area contributed by atoms with Gasteiger partial charge in [-0.1, -0.05) is 6.07 Å². The molecule has 0 aliphatic carbocycles. The van der Waals surface area contributed by atoms with Crippen molar-refractivity contribution >= 4 is 11.3 Å². The highest BCUT2D eigenvalue weighted by Crippen LogP contribution is 2.16. The predicted molar refractivity (Wildman–Crippen MR) is 69.8 cm³/mol. The molecule has 0 bridgehead atoms. The highest BCUT2D eigenvalue weighted by Gasteiger charge is 1.99. The van der Waals surface area contributed by atoms with E-state index >= 15 is 0 Å². The number of rotatable bonds is 6. The number of pyridine rings is 1. The molecule has 0 atom stereocenters. The highest BCUT2D eigenvalue weighted by atomic mass is 32.1. The number of methoxy groups -OCH3 is 1. The minimum Gasteiger partial charge on any atom is -0.379 e. The number of hydrogen-bond acceptors (Lipinski definition) is 4. The third-order valence-electron chi connectivity index (χ3n) is 2.36. The Bertz CT molecular complexity index is 442. The monoisotopic (exact) mass is 248 g/mol. The van der Waals surface area contributed by atoms with E-state index in [1.807, 2.05) is 12.3 Å². The second kappa shape index (κ2) is 6.49. The minimum absolute atomic E-state index is 0.702. The largest absolute Gasteiger partial charge is 0.379 e. The molecule has 2 aromatic rings. The van der Waals surface area contributed by atoms with Gasteiger partial charge in [-0.05, 0) is 23.8 Å². The zero-order chi connectivity index (χ0) is 11.9. The van der Waals surface area contributed by atoms with Crippen LogP contribution in [0.5, 0.6) is 0 Å². The fourth-order valence-corrected chi connectivity index (χ4v) is 2.53. The van der Waals surface area contributed by atoms with Gasteiger partial charge in [0, 0.05) is 42.3 Å². The van der Waals surface area contributed by atoms with E-state index in [1.165, 1.54) is 15.3 Å². The number of thiophene rings is 1. The van der Waals surface area contributed by atoms with E-state index in [2.05, 4.69) is 28.5 Å². The van der Waals surface area contributed by atoms with Gasteiger partial charge in [-0.2, -0.15) is 0 Å². The Kier molecular flexibility index (Phi) is 4.67. The van der Waals surface area contributed by atoms with E-state index in [0.29, 0.717) is 6.61 Å². The predicted octanol–water partition coefficient (Wildman–Crippen LogP) is 2.58. The Morgan fingerprint density at radius 3 is 2.88 bits per heavy atom. The van der Waals surface area contributed by atoms with Gasteiger partial charge < -0.3 is 10.1 Å². The quantitative estimate of drug-likeness (QED) is 0.853. The number of nitrogens with one attached hydrogen (secondary N) is 1. The number of nitrogens with zero attached hydrogens (tertiary/aromatic N) is 1. The molecule has 90 valence electrons. The lowest BCUT2D eigenvalue weighted by Crippen LogP contribution is -2.11. The fraction of sp³-hybridized carbons (Fsp3) is 0.308. The van der Waals surface area contributed by atoms with Crippen molar-refractivity contribution < 1.29 is 4.74 Å². The Hall–Kier alpha value is -1.23. The zero-order valence-corrected chi connectivity index (χ0v) is 10.7. The van der Waals surface area contributed by atoms with Crippen molar-refractivity contribution in [3.05, 3.63) is 52.0 Å². The maximum Gasteiger partial charge on any atom is 0.0805 e. The molecule has 2 aromatic heterocycles. The van der Waals surface area contributed by atoms with Crippen LogP contribution in [0.15, 0.2) is 36.7 Å². The lowest BCUT2D eigenvalue weighted by Gasteiger charge is -2.02. The van der Waals surface area contributed by atoms with Crippen LogP contribution in [-0.4, -0.2) is 12.1 Å². The maximum absolute atomic E-state index is 5.10. The number of hydrogen-bond donors (Lipinski definition) is 1. The first kappa shape index (κ1) is 12.2. The van der Waals surface area contributed by atoms with Crippen molar-refractivity contribution in [1.29, 1.82) is 0 Å². The van der Waals surface area contributed by atoms with Crippen molar-refractivity contribution in [2.45, 2.75) is 19.7 Å². The summed E-state index contributed by atoms with van der Waals surface area (Å²) in [7, 11) is 1.72. The Morgan fingerprint density at radius 2 is 2.12 bits per heavy atom. The van der Waals surface area contributed by atoms with E-state index in [4.69, 9.17) is 4.74 Å². The van der Waals surface area contributed by atoms with Gasteiger partial charge in [-0.25, -0.2) is 0 Å². The Morgan fingerprint density at radius 1 is 1.24 bits per heavy atom. The first-order valence-electron chi connectivity index (χ1n) is 5.54. The lowest BCUT2D eigenvalue weighted by molar-refractivity contribution is 0.187. The van der Waals surface area contributed by atoms with Gasteiger partial charge in [0.05, 0.1) is 6.61 Å². The number of aromatic nitrogens is 1. The molecule has 0 fully saturated rings. The third-order valence-corrected chi connectivity index (χ3v) is 3.41. The van der Waals surface area contributed by atoms with Gasteiger partial charge in [-0.3, -0.25) is 4.98 Å². The molecule has 4 heteroatoms. The summed E-state index contributed by atoms with van der Waals surface area (Å²) < 4.78 is 5.10. The van der Waals surface area contributed by atoms with Crippen LogP contribution in [-0.2, 0) is 24.4 Å². The second-order valence-electron chi connectivity index (χ2n) is 3.77. The standard InChI is InChI=1S/C13H16N2OS/c1-16-10-13-5-4-12(17-13)9-15-8-11-3-2-6-14-7-11/h2-7,15H,8-10H2,1H3. The molecular formula is C13H16N2OS. The van der Waals surface area contributed by atoms with Crippen LogP contribution >= 0.6 is 11.3 Å². The molecule has 0 aliphatic heterocycles. The van der Waals surface area contributed by atoms with Crippen molar-refractivity contribution in [2.24, 2.45) is 0 Å². The van der Waals surface area contributed by atoms with Gasteiger partial charge in [0.15, 0.2) is 0 Å². The average Bonchev–Trinajstić information content (AvgIpc) is 2.79. The SMILES string of the molecule is COCc1ccc(CNCc2cccnc2)s1. The molecule has 0 amide bonds. The van der Waals surface area contributed by atoms with Crippen LogP contribution in [0.4, 0.5) is 0 Å². The summed E-state index contributed by atoms with van der Waals surface area (Å²) in [5.74, 6) is 0. The van der Waals surface area contributed by atoms with E-state index in [9.17, 15) is 0 Å². The van der Waals surface area contributed by atoms with Gasteiger partial charge in [0.1, 0.15) is 0 Å². The molecule has 0 spiro atoms. The molecule has 1 N–H and O–H groups in total. The van der Waals surface area contributed by atoms with Crippen LogP contribution in [0, 0.1) is 0 Å². The molecule has 0 aliphatic rings. The molecule has 0 saturated carbocycles. The average molecular weight is 248 g/mol. The molecule has 3 nitrogen and oxygen atoms in total. The lowest BCUT2D eigenvalue weighted by atomic mass is 10.3. The van der Waals surface area contributed by atoms with E-state index in [1.54, 1.807) is 24.6 Å². The van der Waals surface area contributed by atoms with Crippen molar-refractivity contribution in [2.75, 3.05) is 7.11 Å². The third kappa shape index (κ3) is 3.93. The minimum atomic E-state index is 0.702. The topological polar surface area (TPSA) is 34.1 Å². The second-order valence-corrected chi connectivity index (χ2v) is 5.02. The van der Waals surface area contributed by atoms with Gasteiger partial charge in [-0.15, -0.1) is 11.3 Å². The summed E-state index contributed by atoms with van der Waals surface area (Å²) >= 11 is 1.79. The summed E-state index contributed by atoms with van der Waals surface area (Å²) in [6.07, 6.45) is 3.68. The van der Waals surface area contributed by atoms with E-state index < -0.39 is 0 Å². The fourth-order valence-electron chi connectivity index (χ4n) is 1.57. The normalized spacial score (nSPS) is 10.6. The molecular weight excluding hydrogens is 232 g/mol. The van der Waals surface area contributed by atoms with E-state index in [0.717, 1.165) is 13.1 Å². The van der Waals surface area contributed by atoms with Gasteiger partial charge in [0.2, 0.25) is 0 Å². The highest BCUT2D eigenvalue weighted by molar-refractivity contribution is 7.11. The molecule has 0 aromatic carbocycles. The maximum atomic E-state index is 5.10. The molecule has 2 rings (SSSR count). The zero-order valence-electron chi connectivity index (χ0n) is 9.85. The molecule has 0 saturated heterocycles. The first-order chi connectivity index (χ1) is 8.38. The molecule has 0 unspecified atom stereocenters. The van der Waals surface area contributed by atoms with Crippen LogP contribution in [0.3, 0.4) is 0 Å². The summed E-state index contributed by atoms with van der Waals surface area (Å²) in [4.78, 5) is 6.69. The van der Waals surface area contributed by atoms with Gasteiger partial charge in [0.25, 0.3) is 0 Å². The molecule has 2 heterocycles. The number of ether oxygens (including phenoxy) is 1. The summed E-state index contributed by atoms with van der Waals surface area (Å²) in [5, 5.41) is 3.40. The van der Waals surface area contributed by atoms with Gasteiger partial charge >= 0.3 is 0 Å².